The smallest absolute Gasteiger partial charge is 0.411 e. The van der Waals surface area contributed by atoms with Gasteiger partial charge in [-0.1, -0.05) is 50.6 Å². The molecule has 0 unspecified atom stereocenters. The van der Waals surface area contributed by atoms with E-state index in [9.17, 15) is 22.8 Å². The van der Waals surface area contributed by atoms with Crippen molar-refractivity contribution in [1.82, 2.24) is 35.2 Å². The molecule has 19 heteroatoms. The van der Waals surface area contributed by atoms with Gasteiger partial charge in [0.2, 0.25) is 0 Å². The van der Waals surface area contributed by atoms with Crippen molar-refractivity contribution in [3.63, 3.8) is 0 Å². The van der Waals surface area contributed by atoms with Crippen molar-refractivity contribution in [1.29, 1.82) is 0 Å². The fourth-order valence-electron chi connectivity index (χ4n) is 5.28. The average molecular weight is 730 g/mol. The highest BCUT2D eigenvalue weighted by molar-refractivity contribution is 6.56. The van der Waals surface area contributed by atoms with E-state index in [0.29, 0.717) is 12.1 Å². The molecule has 4 aromatic rings. The molecule has 2 amide bonds. The Bertz CT molecular complexity index is 1920. The van der Waals surface area contributed by atoms with Gasteiger partial charge in [0, 0.05) is 23.9 Å². The topological polar surface area (TPSA) is 156 Å². The molecule has 5 rings (SSSR count). The second kappa shape index (κ2) is 14.7. The Morgan fingerprint density at radius 3 is 2.40 bits per heavy atom. The van der Waals surface area contributed by atoms with Gasteiger partial charge in [0.1, 0.15) is 18.5 Å². The number of amides is 2. The zero-order valence-electron chi connectivity index (χ0n) is 28.6. The number of halogens is 4. The van der Waals surface area contributed by atoms with Crippen LogP contribution < -0.4 is 11.1 Å². The average Bonchev–Trinajstić information content (AvgIpc) is 3.43. The van der Waals surface area contributed by atoms with Gasteiger partial charge >= 0.3 is 12.3 Å². The van der Waals surface area contributed by atoms with Gasteiger partial charge < -0.3 is 15.8 Å². The van der Waals surface area contributed by atoms with Gasteiger partial charge in [-0.2, -0.15) is 23.4 Å². The third-order valence-electron chi connectivity index (χ3n) is 8.39. The largest absolute Gasteiger partial charge is 0.447 e. The van der Waals surface area contributed by atoms with Crippen LogP contribution in [0.3, 0.4) is 0 Å². The summed E-state index contributed by atoms with van der Waals surface area (Å²) in [5, 5.41) is 10.9. The Morgan fingerprint density at radius 1 is 1.13 bits per heavy atom. The first-order chi connectivity index (χ1) is 24.3. The van der Waals surface area contributed by atoms with Crippen LogP contribution >= 0.6 is 11.6 Å². The van der Waals surface area contributed by atoms with E-state index in [4.69, 9.17) is 45.6 Å². The van der Waals surface area contributed by atoms with Crippen LogP contribution in [0.1, 0.15) is 62.0 Å². The van der Waals surface area contributed by atoms with E-state index in [1.165, 1.54) is 18.2 Å². The molecule has 1 atom stereocenters. The van der Waals surface area contributed by atoms with Crippen molar-refractivity contribution in [2.45, 2.75) is 63.0 Å². The molecule has 1 saturated carbocycles. The molecule has 1 fully saturated rings. The van der Waals surface area contributed by atoms with Gasteiger partial charge in [-0.25, -0.2) is 9.78 Å². The molecule has 1 aliphatic rings. The molecule has 2 aromatic carbocycles. The number of H-pyrrole nitrogens is 1. The van der Waals surface area contributed by atoms with E-state index in [1.807, 2.05) is 26.1 Å². The number of hydrogen-bond donors (Lipinski definition) is 3. The first-order valence-corrected chi connectivity index (χ1v) is 16.5. The van der Waals surface area contributed by atoms with Crippen LogP contribution in [-0.4, -0.2) is 96.2 Å². The molecule has 266 valence electrons. The molecule has 0 saturated heterocycles. The predicted octanol–water partition coefficient (Wildman–Crippen LogP) is 4.82. The highest BCUT2D eigenvalue weighted by Crippen LogP contribution is 2.49. The van der Waals surface area contributed by atoms with Gasteiger partial charge in [-0.15, -0.1) is 0 Å². The number of nitrogens with one attached hydrogen (secondary N) is 2. The number of alkyl halides is 3. The Morgan fingerprint density at radius 2 is 1.83 bits per heavy atom. The summed E-state index contributed by atoms with van der Waals surface area (Å²) in [6.45, 7) is 5.60. The number of carbonyl (C=O) groups excluding carboxylic acids is 2. The van der Waals surface area contributed by atoms with Crippen LogP contribution in [0.15, 0.2) is 66.0 Å². The van der Waals surface area contributed by atoms with Crippen molar-refractivity contribution >= 4 is 53.1 Å². The van der Waals surface area contributed by atoms with Crippen LogP contribution in [0.5, 0.6) is 0 Å². The summed E-state index contributed by atoms with van der Waals surface area (Å²) in [5.74, 6) is -0.836. The van der Waals surface area contributed by atoms with Gasteiger partial charge in [0.25, 0.3) is 5.91 Å². The number of carbonyl (C=O) groups is 2. The summed E-state index contributed by atoms with van der Waals surface area (Å²) in [6, 6.07) is 11.5. The van der Waals surface area contributed by atoms with E-state index in [0.717, 1.165) is 21.5 Å². The quantitative estimate of drug-likeness (QED) is 0.114. The van der Waals surface area contributed by atoms with Crippen LogP contribution in [0.4, 0.5) is 18.0 Å². The molecule has 2 aromatic heterocycles. The monoisotopic (exact) mass is 729 g/mol. The fourth-order valence-corrected chi connectivity index (χ4v) is 5.48. The molecule has 6 radical (unpaired) electrons. The molecule has 4 N–H and O–H groups in total. The van der Waals surface area contributed by atoms with Gasteiger partial charge in [0.15, 0.2) is 11.8 Å². The van der Waals surface area contributed by atoms with E-state index < -0.39 is 41.6 Å². The SMILES string of the molecule is [B]C([B])([B])n1ncnc1-c1cc([C@@H](COC(=O)NC2(C(F)(F)F)CC2)N(C(=O)c2ccc(-c3ccn[nH]3)cc2)C(N)=NCCC(C)(C)C)ccc1Cl. The molecule has 52 heavy (non-hydrogen) atoms. The lowest BCUT2D eigenvalue weighted by Gasteiger charge is -2.32. The number of aromatic nitrogens is 5. The summed E-state index contributed by atoms with van der Waals surface area (Å²) in [5.41, 5.74) is 6.17. The number of rotatable bonds is 11. The lowest BCUT2D eigenvalue weighted by molar-refractivity contribution is -0.164. The number of nitrogens with two attached hydrogens (primary N) is 1. The first-order valence-electron chi connectivity index (χ1n) is 16.1. The number of guanidine groups is 1. The highest BCUT2D eigenvalue weighted by Gasteiger charge is 2.64. The Balaban J connectivity index is 1.59. The minimum atomic E-state index is -4.69. The standard InChI is InChI=1S/C33H34B3ClF3N9O3/c1-30(2,3)13-15-42-28(41)48(27(50)20-6-4-19(5-7-20)24-10-14-44-47-24)25(17-52-29(51)46-31(11-12-31)32(38,39)40)21-8-9-23(37)22(16-21)26-43-18-45-49(26)33(34,35)36/h4-10,14,16,18,25H,11-13,15,17H2,1-3H3,(H2,41,42)(H,44,47)(H,46,51)/t25-/m1/s1. The van der Waals surface area contributed by atoms with Gasteiger partial charge in [-0.05, 0) is 71.4 Å². The van der Waals surface area contributed by atoms with Crippen LogP contribution in [-0.2, 0) is 9.97 Å². The Labute approximate surface area is 307 Å². The number of hydrogen-bond acceptors (Lipinski definition) is 7. The van der Waals surface area contributed by atoms with Gasteiger partial charge in [-0.3, -0.25) is 24.5 Å². The summed E-state index contributed by atoms with van der Waals surface area (Å²) in [6.07, 6.45) is -3.29. The maximum atomic E-state index is 14.5. The number of aliphatic imine (C=N–C) groups is 1. The molecule has 0 spiro atoms. The van der Waals surface area contributed by atoms with Crippen LogP contribution in [0.25, 0.3) is 22.6 Å². The lowest BCUT2D eigenvalue weighted by Crippen LogP contribution is -2.49. The van der Waals surface area contributed by atoms with Gasteiger partial charge in [0.05, 0.1) is 40.3 Å². The minimum Gasteiger partial charge on any atom is -0.447 e. The summed E-state index contributed by atoms with van der Waals surface area (Å²) in [4.78, 5) is 37.2. The normalized spacial score (nSPS) is 15.2. The number of aromatic amines is 1. The number of alkyl carbamates (subject to hydrolysis) is 1. The molecular weight excluding hydrogens is 695 g/mol. The van der Waals surface area contributed by atoms with E-state index in [2.05, 4.69) is 25.3 Å². The number of benzene rings is 2. The van der Waals surface area contributed by atoms with Crippen molar-refractivity contribution in [3.05, 3.63) is 77.2 Å². The van der Waals surface area contributed by atoms with Crippen LogP contribution in [0.2, 0.25) is 5.02 Å². The maximum absolute atomic E-state index is 14.5. The zero-order valence-corrected chi connectivity index (χ0v) is 29.4. The Hall–Kier alpha value is -4.73. The maximum Gasteiger partial charge on any atom is 0.411 e. The summed E-state index contributed by atoms with van der Waals surface area (Å²) < 4.78 is 47.5. The lowest BCUT2D eigenvalue weighted by atomic mass is 9.49. The molecule has 2 heterocycles. The molecular formula is C33H34B3ClF3N9O3. The number of ether oxygens (including phenoxy) is 1. The Kier molecular flexibility index (Phi) is 10.9. The first kappa shape index (κ1) is 38.5. The molecule has 0 bridgehead atoms. The highest BCUT2D eigenvalue weighted by atomic mass is 35.5. The minimum absolute atomic E-state index is 0.0525. The van der Waals surface area contributed by atoms with Crippen molar-refractivity contribution in [2.24, 2.45) is 16.1 Å². The van der Waals surface area contributed by atoms with E-state index >= 15 is 0 Å². The van der Waals surface area contributed by atoms with Crippen molar-refractivity contribution in [3.8, 4) is 22.6 Å². The van der Waals surface area contributed by atoms with E-state index in [-0.39, 0.29) is 58.3 Å². The van der Waals surface area contributed by atoms with Crippen molar-refractivity contribution < 1.29 is 27.5 Å². The number of nitrogens with zero attached hydrogens (tertiary/aromatic N) is 6. The van der Waals surface area contributed by atoms with Crippen LogP contribution in [0, 0.1) is 5.41 Å². The third kappa shape index (κ3) is 8.83. The molecule has 12 nitrogen and oxygen atoms in total. The zero-order chi connectivity index (χ0) is 38.1. The second-order valence-electron chi connectivity index (χ2n) is 13.7. The predicted molar refractivity (Wildman–Crippen MR) is 192 cm³/mol. The third-order valence-corrected chi connectivity index (χ3v) is 8.72. The summed E-state index contributed by atoms with van der Waals surface area (Å²) >= 11 is 6.59. The fraction of sp³-hybridized carbons (Fsp3) is 0.394. The van der Waals surface area contributed by atoms with Crippen molar-refractivity contribution in [2.75, 3.05) is 13.2 Å². The molecule has 0 aliphatic heterocycles. The second-order valence-corrected chi connectivity index (χ2v) is 14.1. The summed E-state index contributed by atoms with van der Waals surface area (Å²) in [7, 11) is 17.7. The molecule has 1 aliphatic carbocycles. The van der Waals surface area contributed by atoms with E-state index in [1.54, 1.807) is 36.5 Å².